The van der Waals surface area contributed by atoms with Gasteiger partial charge in [0.05, 0.1) is 12.7 Å². The lowest BCUT2D eigenvalue weighted by atomic mass is 9.95. The molecule has 5 heteroatoms. The Morgan fingerprint density at radius 2 is 2.26 bits per heavy atom. The molecule has 1 aromatic rings. The van der Waals surface area contributed by atoms with Gasteiger partial charge in [0.2, 0.25) is 0 Å². The molecule has 0 aromatic heterocycles. The molecule has 23 heavy (non-hydrogen) atoms. The van der Waals surface area contributed by atoms with Crippen LogP contribution in [0.25, 0.3) is 6.08 Å². The summed E-state index contributed by atoms with van der Waals surface area (Å²) in [5.41, 5.74) is 7.64. The van der Waals surface area contributed by atoms with E-state index in [1.807, 2.05) is 36.1 Å². The maximum Gasteiger partial charge on any atom is 0.253 e. The lowest BCUT2D eigenvalue weighted by Crippen LogP contribution is -2.52. The Bertz CT molecular complexity index is 625. The third kappa shape index (κ3) is 3.06. The third-order valence-electron chi connectivity index (χ3n) is 4.62. The van der Waals surface area contributed by atoms with Crippen LogP contribution in [0.2, 0.25) is 0 Å². The Morgan fingerprint density at radius 1 is 1.43 bits per heavy atom. The van der Waals surface area contributed by atoms with E-state index < -0.39 is 0 Å². The largest absolute Gasteiger partial charge is 0.493 e. The summed E-state index contributed by atoms with van der Waals surface area (Å²) in [7, 11) is 1.62. The van der Waals surface area contributed by atoms with Crippen molar-refractivity contribution in [2.75, 3.05) is 20.3 Å². The molecule has 1 saturated heterocycles. The molecule has 0 saturated carbocycles. The number of nitrogens with zero attached hydrogens (tertiary/aromatic N) is 1. The summed E-state index contributed by atoms with van der Waals surface area (Å²) in [4.78, 5) is 14.8. The van der Waals surface area contributed by atoms with Crippen LogP contribution >= 0.6 is 0 Å². The maximum absolute atomic E-state index is 12.9. The van der Waals surface area contributed by atoms with Crippen LogP contribution in [-0.4, -0.2) is 43.2 Å². The van der Waals surface area contributed by atoms with Crippen molar-refractivity contribution in [3.8, 4) is 11.5 Å². The molecule has 0 aliphatic carbocycles. The van der Waals surface area contributed by atoms with Gasteiger partial charge in [-0.3, -0.25) is 4.79 Å². The van der Waals surface area contributed by atoms with Crippen molar-refractivity contribution in [3.63, 3.8) is 0 Å². The predicted octanol–water partition coefficient (Wildman–Crippen LogP) is 2.20. The fourth-order valence-electron chi connectivity index (χ4n) is 3.41. The SMILES string of the molecule is COc1cccc2c1OCC(C(=O)N1CCCCC1C(C)N)=C2. The fourth-order valence-corrected chi connectivity index (χ4v) is 3.41. The summed E-state index contributed by atoms with van der Waals surface area (Å²) in [6, 6.07) is 5.79. The Labute approximate surface area is 137 Å². The van der Waals surface area contributed by atoms with Gasteiger partial charge in [-0.2, -0.15) is 0 Å². The monoisotopic (exact) mass is 316 g/mol. The fraction of sp³-hybridized carbons (Fsp3) is 0.500. The number of carbonyl (C=O) groups excluding carboxylic acids is 1. The van der Waals surface area contributed by atoms with Crippen molar-refractivity contribution >= 4 is 12.0 Å². The number of rotatable bonds is 3. The smallest absolute Gasteiger partial charge is 0.253 e. The van der Waals surface area contributed by atoms with Gasteiger partial charge in [-0.1, -0.05) is 12.1 Å². The summed E-state index contributed by atoms with van der Waals surface area (Å²) in [6.07, 6.45) is 5.05. The van der Waals surface area contributed by atoms with Crippen LogP contribution in [0.5, 0.6) is 11.5 Å². The van der Waals surface area contributed by atoms with Crippen LogP contribution in [0.1, 0.15) is 31.7 Å². The van der Waals surface area contributed by atoms with E-state index in [1.54, 1.807) is 7.11 Å². The number of benzene rings is 1. The third-order valence-corrected chi connectivity index (χ3v) is 4.62. The molecule has 2 unspecified atom stereocenters. The molecule has 2 heterocycles. The van der Waals surface area contributed by atoms with Gasteiger partial charge >= 0.3 is 0 Å². The molecule has 2 aliphatic heterocycles. The standard InChI is InChI=1S/C18H24N2O3/c1-12(19)15-7-3-4-9-20(15)18(21)14-10-13-6-5-8-16(22-2)17(13)23-11-14/h5-6,8,10,12,15H,3-4,7,9,11,19H2,1-2H3. The van der Waals surface area contributed by atoms with Crippen molar-refractivity contribution in [1.82, 2.24) is 4.90 Å². The molecule has 0 spiro atoms. The normalized spacial score (nSPS) is 21.8. The number of fused-ring (bicyclic) bond motifs is 1. The van der Waals surface area contributed by atoms with E-state index in [0.29, 0.717) is 17.1 Å². The van der Waals surface area contributed by atoms with Crippen molar-refractivity contribution in [2.24, 2.45) is 5.73 Å². The first-order valence-electron chi connectivity index (χ1n) is 8.18. The molecule has 1 amide bonds. The first-order chi connectivity index (χ1) is 11.1. The minimum atomic E-state index is -0.0169. The highest BCUT2D eigenvalue weighted by molar-refractivity contribution is 5.99. The van der Waals surface area contributed by atoms with E-state index in [2.05, 4.69) is 0 Å². The quantitative estimate of drug-likeness (QED) is 0.928. The molecule has 124 valence electrons. The molecule has 1 fully saturated rings. The van der Waals surface area contributed by atoms with E-state index in [-0.39, 0.29) is 24.6 Å². The number of hydrogen-bond donors (Lipinski definition) is 1. The second kappa shape index (κ2) is 6.62. The van der Waals surface area contributed by atoms with E-state index in [1.165, 1.54) is 0 Å². The van der Waals surface area contributed by atoms with Crippen molar-refractivity contribution in [2.45, 2.75) is 38.3 Å². The van der Waals surface area contributed by atoms with Crippen LogP contribution in [0.15, 0.2) is 23.8 Å². The van der Waals surface area contributed by atoms with E-state index in [0.717, 1.165) is 31.4 Å². The zero-order valence-electron chi connectivity index (χ0n) is 13.7. The van der Waals surface area contributed by atoms with Crippen molar-refractivity contribution in [3.05, 3.63) is 29.3 Å². The van der Waals surface area contributed by atoms with Crippen LogP contribution in [-0.2, 0) is 4.79 Å². The number of ether oxygens (including phenoxy) is 2. The molecular formula is C18H24N2O3. The van der Waals surface area contributed by atoms with Gasteiger partial charge in [0.15, 0.2) is 11.5 Å². The minimum Gasteiger partial charge on any atom is -0.493 e. The summed E-state index contributed by atoms with van der Waals surface area (Å²) in [5, 5.41) is 0. The highest BCUT2D eigenvalue weighted by Crippen LogP contribution is 2.36. The molecule has 2 N–H and O–H groups in total. The Kier molecular flexibility index (Phi) is 4.57. The number of hydrogen-bond acceptors (Lipinski definition) is 4. The highest BCUT2D eigenvalue weighted by atomic mass is 16.5. The molecule has 2 aliphatic rings. The summed E-state index contributed by atoms with van der Waals surface area (Å²) >= 11 is 0. The zero-order valence-corrected chi connectivity index (χ0v) is 13.7. The number of carbonyl (C=O) groups is 1. The molecule has 2 atom stereocenters. The number of likely N-dealkylation sites (tertiary alicyclic amines) is 1. The van der Waals surface area contributed by atoms with Gasteiger partial charge in [0.1, 0.15) is 6.61 Å². The average molecular weight is 316 g/mol. The average Bonchev–Trinajstić information content (AvgIpc) is 2.60. The number of piperidine rings is 1. The van der Waals surface area contributed by atoms with Crippen LogP contribution < -0.4 is 15.2 Å². The van der Waals surface area contributed by atoms with E-state index >= 15 is 0 Å². The molecule has 5 nitrogen and oxygen atoms in total. The predicted molar refractivity (Wildman–Crippen MR) is 89.5 cm³/mol. The van der Waals surface area contributed by atoms with Crippen molar-refractivity contribution in [1.29, 1.82) is 0 Å². The molecule has 0 radical (unpaired) electrons. The lowest BCUT2D eigenvalue weighted by Gasteiger charge is -2.38. The van der Waals surface area contributed by atoms with Gasteiger partial charge in [-0.05, 0) is 38.3 Å². The summed E-state index contributed by atoms with van der Waals surface area (Å²) in [5.74, 6) is 1.44. The van der Waals surface area contributed by atoms with Gasteiger partial charge < -0.3 is 20.1 Å². The Hall–Kier alpha value is -2.01. The van der Waals surface area contributed by atoms with E-state index in [9.17, 15) is 4.79 Å². The Morgan fingerprint density at radius 3 is 3.00 bits per heavy atom. The second-order valence-corrected chi connectivity index (χ2v) is 6.26. The summed E-state index contributed by atoms with van der Waals surface area (Å²) < 4.78 is 11.1. The molecule has 3 rings (SSSR count). The first kappa shape index (κ1) is 15.9. The van der Waals surface area contributed by atoms with E-state index in [4.69, 9.17) is 15.2 Å². The number of nitrogens with two attached hydrogens (primary N) is 1. The number of amides is 1. The van der Waals surface area contributed by atoms with Gasteiger partial charge in [0, 0.05) is 24.2 Å². The topological polar surface area (TPSA) is 64.8 Å². The lowest BCUT2D eigenvalue weighted by molar-refractivity contribution is -0.131. The van der Waals surface area contributed by atoms with Gasteiger partial charge in [0.25, 0.3) is 5.91 Å². The molecule has 1 aromatic carbocycles. The molecular weight excluding hydrogens is 292 g/mol. The van der Waals surface area contributed by atoms with Gasteiger partial charge in [-0.25, -0.2) is 0 Å². The van der Waals surface area contributed by atoms with Crippen LogP contribution in [0.4, 0.5) is 0 Å². The van der Waals surface area contributed by atoms with Crippen LogP contribution in [0, 0.1) is 0 Å². The Balaban J connectivity index is 1.86. The highest BCUT2D eigenvalue weighted by Gasteiger charge is 2.32. The van der Waals surface area contributed by atoms with Crippen LogP contribution in [0.3, 0.4) is 0 Å². The minimum absolute atomic E-state index is 0.0169. The van der Waals surface area contributed by atoms with Gasteiger partial charge in [-0.15, -0.1) is 0 Å². The van der Waals surface area contributed by atoms with Crippen molar-refractivity contribution < 1.29 is 14.3 Å². The first-order valence-corrected chi connectivity index (χ1v) is 8.18. The zero-order chi connectivity index (χ0) is 16.4. The summed E-state index contributed by atoms with van der Waals surface area (Å²) in [6.45, 7) is 3.02. The molecule has 0 bridgehead atoms. The number of methoxy groups -OCH3 is 1. The number of para-hydroxylation sites is 1. The maximum atomic E-state index is 12.9. The second-order valence-electron chi connectivity index (χ2n) is 6.26.